The monoisotopic (exact) mass is 442 g/mol. The van der Waals surface area contributed by atoms with Crippen molar-refractivity contribution in [3.63, 3.8) is 0 Å². The largest absolute Gasteiger partial charge is 0.493 e. The van der Waals surface area contributed by atoms with Gasteiger partial charge in [-0.25, -0.2) is 4.39 Å². The van der Waals surface area contributed by atoms with Crippen molar-refractivity contribution in [2.24, 2.45) is 0 Å². The van der Waals surface area contributed by atoms with Crippen molar-refractivity contribution in [1.82, 2.24) is 4.57 Å². The maximum Gasteiger partial charge on any atom is 0.244 e. The lowest BCUT2D eigenvalue weighted by atomic mass is 10.2. The van der Waals surface area contributed by atoms with Crippen molar-refractivity contribution < 1.29 is 28.5 Å². The first-order chi connectivity index (χ1) is 15.4. The summed E-state index contributed by atoms with van der Waals surface area (Å²) in [5, 5.41) is 12.3. The molecule has 0 unspecified atom stereocenters. The fourth-order valence-electron chi connectivity index (χ4n) is 3.00. The van der Waals surface area contributed by atoms with Crippen LogP contribution in [0.3, 0.4) is 0 Å². The molecular formula is C23H23FN2O6. The smallest absolute Gasteiger partial charge is 0.244 e. The molecule has 0 aliphatic heterocycles. The van der Waals surface area contributed by atoms with Gasteiger partial charge in [-0.15, -0.1) is 0 Å². The zero-order chi connectivity index (χ0) is 23.1. The summed E-state index contributed by atoms with van der Waals surface area (Å²) in [5.74, 6) is 0.229. The van der Waals surface area contributed by atoms with Gasteiger partial charge in [0, 0.05) is 23.5 Å². The molecular weight excluding hydrogens is 419 g/mol. The highest BCUT2D eigenvalue weighted by molar-refractivity contribution is 5.91. The fourth-order valence-corrected chi connectivity index (χ4v) is 3.00. The summed E-state index contributed by atoms with van der Waals surface area (Å²) in [5.41, 5.74) is 0.987. The van der Waals surface area contributed by atoms with E-state index >= 15 is 0 Å². The first-order valence-electron chi connectivity index (χ1n) is 9.67. The molecule has 0 fully saturated rings. The predicted octanol–water partition coefficient (Wildman–Crippen LogP) is 2.71. The number of aliphatic hydroxyl groups is 1. The molecule has 0 saturated heterocycles. The molecule has 0 radical (unpaired) electrons. The van der Waals surface area contributed by atoms with Crippen LogP contribution in [0, 0.1) is 5.82 Å². The second-order valence-corrected chi connectivity index (χ2v) is 6.81. The Morgan fingerprint density at radius 3 is 2.41 bits per heavy atom. The standard InChI is InChI=1S/C23H23FN2O6/c1-30-20-8-7-17(9-21(20)31-2)25-23(29)12-26-11-22(19(28)10-18(26)13-27)32-14-15-3-5-16(24)6-4-15/h3-11,27H,12-14H2,1-2H3,(H,25,29). The highest BCUT2D eigenvalue weighted by Gasteiger charge is 2.12. The second-order valence-electron chi connectivity index (χ2n) is 6.81. The number of anilines is 1. The number of halogens is 1. The highest BCUT2D eigenvalue weighted by Crippen LogP contribution is 2.29. The summed E-state index contributed by atoms with van der Waals surface area (Å²) in [6.45, 7) is -0.555. The Kier molecular flexibility index (Phi) is 7.45. The van der Waals surface area contributed by atoms with E-state index in [1.165, 1.54) is 43.2 Å². The Labute approximate surface area is 183 Å². The quantitative estimate of drug-likeness (QED) is 0.529. The molecule has 9 heteroatoms. The average Bonchev–Trinajstić information content (AvgIpc) is 2.79. The molecule has 32 heavy (non-hydrogen) atoms. The number of pyridine rings is 1. The second kappa shape index (κ2) is 10.5. The van der Waals surface area contributed by atoms with E-state index in [0.717, 1.165) is 0 Å². The number of benzene rings is 2. The van der Waals surface area contributed by atoms with Gasteiger partial charge in [0.2, 0.25) is 11.3 Å². The van der Waals surface area contributed by atoms with Crippen molar-refractivity contribution in [3.05, 3.63) is 82.0 Å². The van der Waals surface area contributed by atoms with Gasteiger partial charge in [-0.3, -0.25) is 9.59 Å². The third-order valence-electron chi connectivity index (χ3n) is 4.63. The molecule has 0 spiro atoms. The molecule has 0 bridgehead atoms. The summed E-state index contributed by atoms with van der Waals surface area (Å²) < 4.78 is 30.4. The van der Waals surface area contributed by atoms with Gasteiger partial charge in [0.1, 0.15) is 19.0 Å². The molecule has 2 N–H and O–H groups in total. The van der Waals surface area contributed by atoms with Crippen molar-refractivity contribution in [2.75, 3.05) is 19.5 Å². The Morgan fingerprint density at radius 2 is 1.75 bits per heavy atom. The molecule has 0 aliphatic carbocycles. The zero-order valence-corrected chi connectivity index (χ0v) is 17.6. The number of methoxy groups -OCH3 is 2. The Hall–Kier alpha value is -3.85. The summed E-state index contributed by atoms with van der Waals surface area (Å²) in [4.78, 5) is 24.9. The van der Waals surface area contributed by atoms with Crippen LogP contribution >= 0.6 is 0 Å². The van der Waals surface area contributed by atoms with E-state index in [1.54, 1.807) is 30.3 Å². The van der Waals surface area contributed by atoms with Crippen LogP contribution in [-0.4, -0.2) is 29.8 Å². The number of nitrogens with one attached hydrogen (secondary N) is 1. The van der Waals surface area contributed by atoms with E-state index in [-0.39, 0.29) is 36.3 Å². The first kappa shape index (κ1) is 22.8. The molecule has 0 aliphatic rings. The predicted molar refractivity (Wildman–Crippen MR) is 116 cm³/mol. The summed E-state index contributed by atoms with van der Waals surface area (Å²) in [6, 6.07) is 11.8. The topological polar surface area (TPSA) is 99.0 Å². The van der Waals surface area contributed by atoms with Gasteiger partial charge in [0.15, 0.2) is 17.2 Å². The lowest BCUT2D eigenvalue weighted by molar-refractivity contribution is -0.116. The maximum absolute atomic E-state index is 13.0. The minimum absolute atomic E-state index is 0.00504. The van der Waals surface area contributed by atoms with Crippen molar-refractivity contribution >= 4 is 11.6 Å². The summed E-state index contributed by atoms with van der Waals surface area (Å²) in [7, 11) is 3.00. The van der Waals surface area contributed by atoms with Crippen LogP contribution in [0.25, 0.3) is 0 Å². The molecule has 3 aromatic rings. The third kappa shape index (κ3) is 5.64. The number of hydrogen-bond donors (Lipinski definition) is 2. The first-order valence-corrected chi connectivity index (χ1v) is 9.67. The maximum atomic E-state index is 13.0. The van der Waals surface area contributed by atoms with Crippen molar-refractivity contribution in [2.45, 2.75) is 19.8 Å². The van der Waals surface area contributed by atoms with E-state index < -0.39 is 12.0 Å². The highest BCUT2D eigenvalue weighted by atomic mass is 19.1. The minimum atomic E-state index is -0.437. The number of rotatable bonds is 9. The van der Waals surface area contributed by atoms with Gasteiger partial charge in [0.25, 0.3) is 0 Å². The molecule has 3 rings (SSSR count). The number of amides is 1. The zero-order valence-electron chi connectivity index (χ0n) is 17.6. The Morgan fingerprint density at radius 1 is 1.03 bits per heavy atom. The van der Waals surface area contributed by atoms with Crippen LogP contribution in [0.4, 0.5) is 10.1 Å². The van der Waals surface area contributed by atoms with Gasteiger partial charge in [-0.2, -0.15) is 0 Å². The summed E-state index contributed by atoms with van der Waals surface area (Å²) in [6.07, 6.45) is 1.37. The molecule has 0 saturated carbocycles. The Bertz CT molecular complexity index is 1140. The number of nitrogens with zero attached hydrogens (tertiary/aromatic N) is 1. The average molecular weight is 442 g/mol. The van der Waals surface area contributed by atoms with Gasteiger partial charge in [-0.05, 0) is 29.8 Å². The molecule has 8 nitrogen and oxygen atoms in total. The van der Waals surface area contributed by atoms with Gasteiger partial charge >= 0.3 is 0 Å². The third-order valence-corrected chi connectivity index (χ3v) is 4.63. The number of ether oxygens (including phenoxy) is 3. The number of hydrogen-bond acceptors (Lipinski definition) is 6. The van der Waals surface area contributed by atoms with Crippen molar-refractivity contribution in [1.29, 1.82) is 0 Å². The fraction of sp³-hybridized carbons (Fsp3) is 0.217. The molecule has 2 aromatic carbocycles. The van der Waals surface area contributed by atoms with E-state index in [9.17, 15) is 19.1 Å². The lowest BCUT2D eigenvalue weighted by Crippen LogP contribution is -2.23. The molecule has 0 atom stereocenters. The van der Waals surface area contributed by atoms with E-state index in [0.29, 0.717) is 22.7 Å². The Balaban J connectivity index is 1.74. The van der Waals surface area contributed by atoms with Gasteiger partial charge < -0.3 is 29.2 Å². The van der Waals surface area contributed by atoms with E-state index in [2.05, 4.69) is 5.32 Å². The van der Waals surface area contributed by atoms with Crippen LogP contribution in [0.1, 0.15) is 11.3 Å². The van der Waals surface area contributed by atoms with Crippen LogP contribution < -0.4 is 25.0 Å². The molecule has 1 amide bonds. The molecule has 168 valence electrons. The van der Waals surface area contributed by atoms with Crippen LogP contribution in [0.15, 0.2) is 59.5 Å². The number of carbonyl (C=O) groups excluding carboxylic acids is 1. The molecule has 1 heterocycles. The van der Waals surface area contributed by atoms with Crippen LogP contribution in [0.5, 0.6) is 17.2 Å². The number of carbonyl (C=O) groups is 1. The molecule has 1 aromatic heterocycles. The summed E-state index contributed by atoms with van der Waals surface area (Å²) >= 11 is 0. The minimum Gasteiger partial charge on any atom is -0.493 e. The van der Waals surface area contributed by atoms with Crippen LogP contribution in [-0.2, 0) is 24.6 Å². The number of aromatic nitrogens is 1. The normalized spacial score (nSPS) is 10.5. The lowest BCUT2D eigenvalue weighted by Gasteiger charge is -2.15. The SMILES string of the molecule is COc1ccc(NC(=O)Cn2cc(OCc3ccc(F)cc3)c(=O)cc2CO)cc1OC. The number of aliphatic hydroxyl groups excluding tert-OH is 1. The van der Waals surface area contributed by atoms with Gasteiger partial charge in [-0.1, -0.05) is 12.1 Å². The van der Waals surface area contributed by atoms with E-state index in [1.807, 2.05) is 0 Å². The van der Waals surface area contributed by atoms with E-state index in [4.69, 9.17) is 14.2 Å². The van der Waals surface area contributed by atoms with Gasteiger partial charge in [0.05, 0.1) is 27.0 Å². The van der Waals surface area contributed by atoms with Crippen molar-refractivity contribution in [3.8, 4) is 17.2 Å². The van der Waals surface area contributed by atoms with Crippen LogP contribution in [0.2, 0.25) is 0 Å².